The quantitative estimate of drug-likeness (QED) is 0.886. The molecule has 4 nitrogen and oxygen atoms in total. The Kier molecular flexibility index (Phi) is 3.12. The number of benzene rings is 1. The third-order valence-corrected chi connectivity index (χ3v) is 2.42. The summed E-state index contributed by atoms with van der Waals surface area (Å²) in [6.45, 7) is 0. The smallest absolute Gasteiger partial charge is 0.291 e. The van der Waals surface area contributed by atoms with Crippen LogP contribution in [0.1, 0.15) is 16.1 Å². The van der Waals surface area contributed by atoms with Gasteiger partial charge in [-0.3, -0.25) is 4.79 Å². The van der Waals surface area contributed by atoms with Crippen molar-refractivity contribution >= 4 is 23.2 Å². The molecule has 1 N–H and O–H groups in total. The number of amides is 1. The highest BCUT2D eigenvalue weighted by Gasteiger charge is 2.09. The zero-order valence-electron chi connectivity index (χ0n) is 8.61. The van der Waals surface area contributed by atoms with Crippen LogP contribution >= 0.6 is 11.6 Å². The van der Waals surface area contributed by atoms with Crippen LogP contribution < -0.4 is 5.32 Å². The molecule has 0 spiro atoms. The van der Waals surface area contributed by atoms with Crippen molar-refractivity contribution in [3.8, 4) is 6.07 Å². The van der Waals surface area contributed by atoms with Gasteiger partial charge in [0.15, 0.2) is 5.76 Å². The summed E-state index contributed by atoms with van der Waals surface area (Å²) in [6.07, 6.45) is 1.41. The lowest BCUT2D eigenvalue weighted by Crippen LogP contribution is -2.10. The van der Waals surface area contributed by atoms with E-state index in [4.69, 9.17) is 21.3 Å². The Bertz CT molecular complexity index is 585. The second-order valence-electron chi connectivity index (χ2n) is 3.24. The number of carbonyl (C=O) groups is 1. The lowest BCUT2D eigenvalue weighted by Gasteiger charge is -2.04. The molecule has 0 saturated heterocycles. The van der Waals surface area contributed by atoms with E-state index in [0.717, 1.165) is 0 Å². The lowest BCUT2D eigenvalue weighted by atomic mass is 10.2. The van der Waals surface area contributed by atoms with E-state index in [1.165, 1.54) is 12.3 Å². The molecule has 0 saturated carbocycles. The molecule has 1 heterocycles. The van der Waals surface area contributed by atoms with Gasteiger partial charge in [-0.2, -0.15) is 5.26 Å². The topological polar surface area (TPSA) is 66.0 Å². The number of anilines is 1. The van der Waals surface area contributed by atoms with E-state index < -0.39 is 0 Å². The number of nitrogens with one attached hydrogen (secondary N) is 1. The van der Waals surface area contributed by atoms with Gasteiger partial charge in [-0.15, -0.1) is 0 Å². The van der Waals surface area contributed by atoms with Gasteiger partial charge in [-0.1, -0.05) is 11.6 Å². The van der Waals surface area contributed by atoms with Gasteiger partial charge in [-0.05, 0) is 30.3 Å². The van der Waals surface area contributed by atoms with Crippen molar-refractivity contribution < 1.29 is 9.21 Å². The van der Waals surface area contributed by atoms with Crippen molar-refractivity contribution in [2.24, 2.45) is 0 Å². The Hall–Kier alpha value is -2.25. The summed E-state index contributed by atoms with van der Waals surface area (Å²) in [4.78, 5) is 11.6. The van der Waals surface area contributed by atoms with Crippen LogP contribution in [0.5, 0.6) is 0 Å². The molecule has 2 rings (SSSR count). The van der Waals surface area contributed by atoms with Crippen LogP contribution in [0.4, 0.5) is 5.69 Å². The number of nitriles is 1. The van der Waals surface area contributed by atoms with Crippen molar-refractivity contribution in [1.29, 1.82) is 5.26 Å². The van der Waals surface area contributed by atoms with E-state index in [1.54, 1.807) is 24.3 Å². The van der Waals surface area contributed by atoms with E-state index in [9.17, 15) is 4.79 Å². The Labute approximate surface area is 102 Å². The average Bonchev–Trinajstić information content (AvgIpc) is 2.85. The van der Waals surface area contributed by atoms with Crippen molar-refractivity contribution in [3.63, 3.8) is 0 Å². The van der Waals surface area contributed by atoms with Crippen LogP contribution in [-0.2, 0) is 0 Å². The zero-order chi connectivity index (χ0) is 12.3. The third kappa shape index (κ3) is 2.47. The number of furan rings is 1. The molecule has 0 aliphatic rings. The summed E-state index contributed by atoms with van der Waals surface area (Å²) in [5.41, 5.74) is 0.802. The Morgan fingerprint density at radius 1 is 1.41 bits per heavy atom. The minimum absolute atomic E-state index is 0.207. The van der Waals surface area contributed by atoms with Gasteiger partial charge in [0.25, 0.3) is 5.91 Å². The van der Waals surface area contributed by atoms with Gasteiger partial charge >= 0.3 is 0 Å². The predicted octanol–water partition coefficient (Wildman–Crippen LogP) is 3.06. The van der Waals surface area contributed by atoms with Gasteiger partial charge in [0, 0.05) is 5.69 Å². The molecule has 0 aliphatic heterocycles. The molecule has 0 bridgehead atoms. The van der Waals surface area contributed by atoms with E-state index >= 15 is 0 Å². The molecule has 84 valence electrons. The van der Waals surface area contributed by atoms with Crippen LogP contribution in [0.25, 0.3) is 0 Å². The maximum atomic E-state index is 11.6. The molecule has 0 radical (unpaired) electrons. The largest absolute Gasteiger partial charge is 0.459 e. The maximum Gasteiger partial charge on any atom is 0.291 e. The minimum Gasteiger partial charge on any atom is -0.459 e. The average molecular weight is 247 g/mol. The number of carbonyl (C=O) groups excluding carboxylic acids is 1. The Morgan fingerprint density at radius 3 is 2.88 bits per heavy atom. The first kappa shape index (κ1) is 11.2. The number of nitrogens with zero attached hydrogens (tertiary/aromatic N) is 1. The standard InChI is InChI=1S/C12H7ClN2O2/c13-10-4-3-9(6-8(10)7-14)15-12(16)11-2-1-5-17-11/h1-6H,(H,15,16). The predicted molar refractivity (Wildman–Crippen MR) is 62.8 cm³/mol. The summed E-state index contributed by atoms with van der Waals surface area (Å²) in [5.74, 6) is -0.167. The van der Waals surface area contributed by atoms with E-state index in [0.29, 0.717) is 16.3 Å². The minimum atomic E-state index is -0.374. The summed E-state index contributed by atoms with van der Waals surface area (Å²) < 4.78 is 4.94. The highest BCUT2D eigenvalue weighted by molar-refractivity contribution is 6.31. The Balaban J connectivity index is 2.20. The number of halogens is 1. The molecular weight excluding hydrogens is 240 g/mol. The number of rotatable bonds is 2. The fourth-order valence-electron chi connectivity index (χ4n) is 1.29. The molecule has 2 aromatic rings. The van der Waals surface area contributed by atoms with Crippen LogP contribution in [0, 0.1) is 11.3 Å². The first-order chi connectivity index (χ1) is 8.20. The van der Waals surface area contributed by atoms with Crippen LogP contribution in [0.3, 0.4) is 0 Å². The molecule has 1 amide bonds. The summed E-state index contributed by atoms with van der Waals surface area (Å²) >= 11 is 5.78. The number of hydrogen-bond donors (Lipinski definition) is 1. The second kappa shape index (κ2) is 4.73. The molecule has 17 heavy (non-hydrogen) atoms. The van der Waals surface area contributed by atoms with Gasteiger partial charge in [0.2, 0.25) is 0 Å². The highest BCUT2D eigenvalue weighted by Crippen LogP contribution is 2.20. The summed E-state index contributed by atoms with van der Waals surface area (Å²) in [5, 5.41) is 11.7. The van der Waals surface area contributed by atoms with Crippen LogP contribution in [0.2, 0.25) is 5.02 Å². The van der Waals surface area contributed by atoms with Crippen molar-refractivity contribution in [1.82, 2.24) is 0 Å². The molecule has 0 fully saturated rings. The van der Waals surface area contributed by atoms with E-state index in [1.807, 2.05) is 6.07 Å². The van der Waals surface area contributed by atoms with Crippen LogP contribution in [0.15, 0.2) is 41.0 Å². The van der Waals surface area contributed by atoms with E-state index in [-0.39, 0.29) is 11.7 Å². The first-order valence-corrected chi connectivity index (χ1v) is 5.13. The second-order valence-corrected chi connectivity index (χ2v) is 3.65. The molecule has 0 aliphatic carbocycles. The third-order valence-electron chi connectivity index (χ3n) is 2.09. The van der Waals surface area contributed by atoms with Gasteiger partial charge in [0.05, 0.1) is 16.8 Å². The van der Waals surface area contributed by atoms with Crippen molar-refractivity contribution in [3.05, 3.63) is 52.9 Å². The molecule has 1 aromatic carbocycles. The summed E-state index contributed by atoms with van der Waals surface area (Å²) in [6, 6.07) is 9.78. The molecular formula is C12H7ClN2O2. The van der Waals surface area contributed by atoms with Gasteiger partial charge < -0.3 is 9.73 Å². The Morgan fingerprint density at radius 2 is 2.24 bits per heavy atom. The maximum absolute atomic E-state index is 11.6. The molecule has 0 atom stereocenters. The number of hydrogen-bond acceptors (Lipinski definition) is 3. The normalized spacial score (nSPS) is 9.65. The monoisotopic (exact) mass is 246 g/mol. The zero-order valence-corrected chi connectivity index (χ0v) is 9.36. The van der Waals surface area contributed by atoms with Crippen LogP contribution in [-0.4, -0.2) is 5.91 Å². The van der Waals surface area contributed by atoms with E-state index in [2.05, 4.69) is 5.32 Å². The molecule has 1 aromatic heterocycles. The van der Waals surface area contributed by atoms with Gasteiger partial charge in [-0.25, -0.2) is 0 Å². The lowest BCUT2D eigenvalue weighted by molar-refractivity contribution is 0.0996. The highest BCUT2D eigenvalue weighted by atomic mass is 35.5. The SMILES string of the molecule is N#Cc1cc(NC(=O)c2ccco2)ccc1Cl. The fourth-order valence-corrected chi connectivity index (χ4v) is 1.45. The fraction of sp³-hybridized carbons (Fsp3) is 0. The van der Waals surface area contributed by atoms with Crippen molar-refractivity contribution in [2.75, 3.05) is 5.32 Å². The van der Waals surface area contributed by atoms with Gasteiger partial charge in [0.1, 0.15) is 6.07 Å². The molecule has 0 unspecified atom stereocenters. The molecule has 5 heteroatoms. The first-order valence-electron chi connectivity index (χ1n) is 4.75. The summed E-state index contributed by atoms with van der Waals surface area (Å²) in [7, 11) is 0. The van der Waals surface area contributed by atoms with Crippen molar-refractivity contribution in [2.45, 2.75) is 0 Å².